The normalized spacial score (nSPS) is 20.2. The van der Waals surface area contributed by atoms with Crippen LogP contribution in [0.4, 0.5) is 8.78 Å². The molecule has 0 saturated carbocycles. The molecule has 2 aromatic rings. The van der Waals surface area contributed by atoms with E-state index in [1.807, 2.05) is 11.8 Å². The summed E-state index contributed by atoms with van der Waals surface area (Å²) in [7, 11) is 0. The third-order valence-electron chi connectivity index (χ3n) is 4.98. The summed E-state index contributed by atoms with van der Waals surface area (Å²) < 4.78 is 32.3. The smallest absolute Gasteiger partial charge is 0.260 e. The van der Waals surface area contributed by atoms with Gasteiger partial charge in [-0.2, -0.15) is 0 Å². The van der Waals surface area contributed by atoms with Crippen LogP contribution in [-0.2, 0) is 11.3 Å². The van der Waals surface area contributed by atoms with Gasteiger partial charge in [-0.15, -0.1) is 0 Å². The fraction of sp³-hybridized carbons (Fsp3) is 0.381. The van der Waals surface area contributed by atoms with E-state index in [2.05, 4.69) is 27.8 Å². The lowest BCUT2D eigenvalue weighted by Crippen LogP contribution is -2.58. The average Bonchev–Trinajstić information content (AvgIpc) is 2.65. The number of nitrogens with zero attached hydrogens (tertiary/aromatic N) is 2. The van der Waals surface area contributed by atoms with Crippen LogP contribution in [0.2, 0.25) is 0 Å². The Kier molecular flexibility index (Phi) is 6.67. The van der Waals surface area contributed by atoms with Crippen molar-refractivity contribution in [3.8, 4) is 5.75 Å². The Morgan fingerprint density at radius 1 is 1.07 bits per heavy atom. The Hall–Kier alpha value is -1.99. The number of amides is 1. The molecule has 1 amide bonds. The van der Waals surface area contributed by atoms with Crippen LogP contribution < -0.4 is 4.74 Å². The van der Waals surface area contributed by atoms with Gasteiger partial charge in [-0.25, -0.2) is 8.78 Å². The van der Waals surface area contributed by atoms with Crippen LogP contribution in [-0.4, -0.2) is 47.5 Å². The Bertz CT molecular complexity index is 832. The van der Waals surface area contributed by atoms with Gasteiger partial charge in [0, 0.05) is 31.7 Å². The number of hydrogen-bond donors (Lipinski definition) is 0. The predicted molar refractivity (Wildman–Crippen MR) is 107 cm³/mol. The van der Waals surface area contributed by atoms with E-state index >= 15 is 0 Å². The lowest BCUT2D eigenvalue weighted by Gasteiger charge is -2.44. The molecule has 150 valence electrons. The molecule has 1 saturated heterocycles. The molecule has 0 N–H and O–H groups in total. The zero-order valence-corrected chi connectivity index (χ0v) is 17.5. The van der Waals surface area contributed by atoms with Crippen LogP contribution in [0.25, 0.3) is 0 Å². The number of piperazine rings is 1. The number of carbonyl (C=O) groups excluding carboxylic acids is 1. The zero-order valence-electron chi connectivity index (χ0n) is 15.9. The van der Waals surface area contributed by atoms with Crippen molar-refractivity contribution < 1.29 is 18.3 Å². The van der Waals surface area contributed by atoms with Crippen LogP contribution >= 0.6 is 15.9 Å². The molecule has 0 unspecified atom stereocenters. The Labute approximate surface area is 172 Å². The first-order valence-corrected chi connectivity index (χ1v) is 9.98. The maximum Gasteiger partial charge on any atom is 0.260 e. The van der Waals surface area contributed by atoms with Gasteiger partial charge in [0.1, 0.15) is 17.4 Å². The van der Waals surface area contributed by atoms with E-state index in [0.29, 0.717) is 23.3 Å². The number of halogens is 3. The maximum absolute atomic E-state index is 13.2. The van der Waals surface area contributed by atoms with E-state index in [-0.39, 0.29) is 36.2 Å². The van der Waals surface area contributed by atoms with Crippen LogP contribution in [0.15, 0.2) is 46.9 Å². The van der Waals surface area contributed by atoms with Gasteiger partial charge in [0.2, 0.25) is 0 Å². The number of ether oxygens (including phenoxy) is 1. The third-order valence-corrected chi connectivity index (χ3v) is 5.60. The Morgan fingerprint density at radius 2 is 1.75 bits per heavy atom. The molecule has 3 rings (SSSR count). The van der Waals surface area contributed by atoms with E-state index in [1.165, 1.54) is 30.3 Å². The fourth-order valence-electron chi connectivity index (χ4n) is 3.40. The van der Waals surface area contributed by atoms with Gasteiger partial charge < -0.3 is 9.64 Å². The number of benzene rings is 2. The van der Waals surface area contributed by atoms with Crippen molar-refractivity contribution in [3.63, 3.8) is 0 Å². The minimum atomic E-state index is -0.370. The molecule has 1 fully saturated rings. The van der Waals surface area contributed by atoms with Gasteiger partial charge in [-0.3, -0.25) is 9.69 Å². The highest BCUT2D eigenvalue weighted by Crippen LogP contribution is 2.26. The van der Waals surface area contributed by atoms with Crippen molar-refractivity contribution in [1.82, 2.24) is 9.80 Å². The molecular weight excluding hydrogens is 430 g/mol. The largest absolute Gasteiger partial charge is 0.483 e. The van der Waals surface area contributed by atoms with E-state index in [9.17, 15) is 13.6 Å². The first-order chi connectivity index (χ1) is 13.3. The van der Waals surface area contributed by atoms with Gasteiger partial charge in [0.05, 0.1) is 4.47 Å². The molecular formula is C21H23BrF2N2O2. The van der Waals surface area contributed by atoms with Crippen molar-refractivity contribution in [3.05, 3.63) is 64.1 Å². The van der Waals surface area contributed by atoms with Crippen molar-refractivity contribution >= 4 is 21.8 Å². The van der Waals surface area contributed by atoms with Crippen LogP contribution in [0.5, 0.6) is 5.75 Å². The third kappa shape index (κ3) is 5.08. The molecule has 2 aromatic carbocycles. The summed E-state index contributed by atoms with van der Waals surface area (Å²) >= 11 is 3.24. The number of carbonyl (C=O) groups is 1. The summed E-state index contributed by atoms with van der Waals surface area (Å²) in [6, 6.07) is 10.8. The molecule has 0 aliphatic carbocycles. The number of hydrogen-bond acceptors (Lipinski definition) is 3. The van der Waals surface area contributed by atoms with Gasteiger partial charge >= 0.3 is 0 Å². The topological polar surface area (TPSA) is 32.8 Å². The van der Waals surface area contributed by atoms with Crippen LogP contribution in [0.1, 0.15) is 19.4 Å². The molecule has 4 nitrogen and oxygen atoms in total. The molecule has 2 atom stereocenters. The minimum absolute atomic E-state index is 0.0319. The molecule has 0 spiro atoms. The highest BCUT2D eigenvalue weighted by atomic mass is 79.9. The molecule has 0 bridgehead atoms. The van der Waals surface area contributed by atoms with Crippen molar-refractivity contribution in [1.29, 1.82) is 0 Å². The van der Waals surface area contributed by atoms with E-state index in [0.717, 1.165) is 12.1 Å². The van der Waals surface area contributed by atoms with E-state index in [4.69, 9.17) is 4.74 Å². The van der Waals surface area contributed by atoms with Crippen molar-refractivity contribution in [2.24, 2.45) is 0 Å². The minimum Gasteiger partial charge on any atom is -0.483 e. The zero-order chi connectivity index (χ0) is 20.3. The first kappa shape index (κ1) is 20.7. The summed E-state index contributed by atoms with van der Waals surface area (Å²) in [6.45, 7) is 6.02. The maximum atomic E-state index is 13.2. The lowest BCUT2D eigenvalue weighted by molar-refractivity contribution is -0.139. The van der Waals surface area contributed by atoms with E-state index < -0.39 is 0 Å². The van der Waals surface area contributed by atoms with Crippen LogP contribution in [0, 0.1) is 11.6 Å². The second-order valence-electron chi connectivity index (χ2n) is 7.16. The molecule has 1 aliphatic rings. The molecule has 28 heavy (non-hydrogen) atoms. The second-order valence-corrected chi connectivity index (χ2v) is 8.02. The molecule has 1 aliphatic heterocycles. The fourth-order valence-corrected chi connectivity index (χ4v) is 3.87. The van der Waals surface area contributed by atoms with Gasteiger partial charge in [-0.05, 0) is 65.7 Å². The Morgan fingerprint density at radius 3 is 2.43 bits per heavy atom. The van der Waals surface area contributed by atoms with Gasteiger partial charge in [0.15, 0.2) is 6.61 Å². The summed E-state index contributed by atoms with van der Waals surface area (Å²) in [5, 5.41) is 0. The summed E-state index contributed by atoms with van der Waals surface area (Å²) in [5.41, 5.74) is 1.05. The molecule has 0 aromatic heterocycles. The van der Waals surface area contributed by atoms with E-state index in [1.54, 1.807) is 12.1 Å². The number of rotatable bonds is 5. The highest BCUT2D eigenvalue weighted by molar-refractivity contribution is 9.10. The quantitative estimate of drug-likeness (QED) is 0.680. The first-order valence-electron chi connectivity index (χ1n) is 9.19. The highest BCUT2D eigenvalue weighted by Gasteiger charge is 2.32. The van der Waals surface area contributed by atoms with Crippen molar-refractivity contribution in [2.75, 3.05) is 19.7 Å². The molecule has 1 heterocycles. The summed E-state index contributed by atoms with van der Waals surface area (Å²) in [4.78, 5) is 16.8. The summed E-state index contributed by atoms with van der Waals surface area (Å²) in [5.74, 6) is -0.277. The monoisotopic (exact) mass is 452 g/mol. The standard InChI is InChI=1S/C21H23BrF2N2O2/c1-14-11-26(21(27)13-28-20-8-7-18(24)9-19(20)22)15(2)10-25(14)12-16-3-5-17(23)6-4-16/h3-9,14-15H,10-13H2,1-2H3/t14-,15+/m1/s1. The molecule has 0 radical (unpaired) electrons. The molecule has 7 heteroatoms. The predicted octanol–water partition coefficient (Wildman–Crippen LogP) is 4.23. The summed E-state index contributed by atoms with van der Waals surface area (Å²) in [6.07, 6.45) is 0. The Balaban J connectivity index is 1.57. The van der Waals surface area contributed by atoms with Gasteiger partial charge in [0.25, 0.3) is 5.91 Å². The van der Waals surface area contributed by atoms with Crippen LogP contribution in [0.3, 0.4) is 0 Å². The average molecular weight is 453 g/mol. The lowest BCUT2D eigenvalue weighted by atomic mass is 10.1. The van der Waals surface area contributed by atoms with Gasteiger partial charge in [-0.1, -0.05) is 12.1 Å². The second kappa shape index (κ2) is 9.01. The van der Waals surface area contributed by atoms with Crippen molar-refractivity contribution in [2.45, 2.75) is 32.5 Å². The SMILES string of the molecule is C[C@@H]1CN(C(=O)COc2ccc(F)cc2Br)[C@@H](C)CN1Cc1ccc(F)cc1.